The molecule has 1 fully saturated rings. The molecule has 0 bridgehead atoms. The lowest BCUT2D eigenvalue weighted by Gasteiger charge is -2.16. The summed E-state index contributed by atoms with van der Waals surface area (Å²) in [6.07, 6.45) is 12.3. The zero-order valence-corrected chi connectivity index (χ0v) is 14.0. The van der Waals surface area contributed by atoms with Crippen LogP contribution in [0.2, 0.25) is 0 Å². The maximum absolute atomic E-state index is 12.1. The van der Waals surface area contributed by atoms with Crippen molar-refractivity contribution in [1.82, 2.24) is 5.32 Å². The van der Waals surface area contributed by atoms with Crippen molar-refractivity contribution in [1.29, 1.82) is 0 Å². The van der Waals surface area contributed by atoms with E-state index in [4.69, 9.17) is 11.2 Å². The maximum atomic E-state index is 12.1. The van der Waals surface area contributed by atoms with Crippen molar-refractivity contribution in [2.45, 2.75) is 45.4 Å². The molecule has 2 rings (SSSR count). The molecule has 1 aliphatic rings. The molecule has 0 heterocycles. The van der Waals surface area contributed by atoms with Crippen molar-refractivity contribution < 1.29 is 9.53 Å². The molecule has 1 amide bonds. The number of amides is 1. The van der Waals surface area contributed by atoms with E-state index >= 15 is 0 Å². The summed E-state index contributed by atoms with van der Waals surface area (Å²) in [5.41, 5.74) is 1.18. The molecule has 0 aliphatic heterocycles. The minimum atomic E-state index is 0.123. The van der Waals surface area contributed by atoms with Gasteiger partial charge in [0.05, 0.1) is 0 Å². The number of carbonyl (C=O) groups excluding carboxylic acids is 1. The number of carbonyl (C=O) groups is 1. The summed E-state index contributed by atoms with van der Waals surface area (Å²) in [7, 11) is 0. The van der Waals surface area contributed by atoms with Crippen molar-refractivity contribution in [3.8, 4) is 18.1 Å². The van der Waals surface area contributed by atoms with E-state index in [-0.39, 0.29) is 18.4 Å². The molecule has 0 aromatic heterocycles. The lowest BCUT2D eigenvalue weighted by atomic mass is 9.94. The maximum Gasteiger partial charge on any atom is 0.222 e. The van der Waals surface area contributed by atoms with Crippen molar-refractivity contribution in [3.63, 3.8) is 0 Å². The van der Waals surface area contributed by atoms with Gasteiger partial charge in [-0.3, -0.25) is 4.79 Å². The van der Waals surface area contributed by atoms with Crippen LogP contribution in [0.3, 0.4) is 0 Å². The molecular formula is C20H27NO2. The van der Waals surface area contributed by atoms with Gasteiger partial charge in [0.2, 0.25) is 5.91 Å². The third-order valence-electron chi connectivity index (χ3n) is 4.57. The first kappa shape index (κ1) is 17.4. The summed E-state index contributed by atoms with van der Waals surface area (Å²) in [5.74, 6) is 4.29. The van der Waals surface area contributed by atoms with E-state index in [9.17, 15) is 4.79 Å². The van der Waals surface area contributed by atoms with Gasteiger partial charge in [0.15, 0.2) is 0 Å². The van der Waals surface area contributed by atoms with Crippen LogP contribution >= 0.6 is 0 Å². The second kappa shape index (κ2) is 9.25. The summed E-state index contributed by atoms with van der Waals surface area (Å²) in [6.45, 7) is 3.01. The molecule has 3 heteroatoms. The van der Waals surface area contributed by atoms with Crippen LogP contribution in [0.15, 0.2) is 24.3 Å². The highest BCUT2D eigenvalue weighted by atomic mass is 16.5. The molecular weight excluding hydrogens is 286 g/mol. The van der Waals surface area contributed by atoms with E-state index < -0.39 is 0 Å². The molecule has 1 aromatic carbocycles. The Morgan fingerprint density at radius 3 is 2.70 bits per heavy atom. The molecule has 1 atom stereocenters. The lowest BCUT2D eigenvalue weighted by molar-refractivity contribution is -0.124. The molecule has 1 unspecified atom stereocenters. The highest BCUT2D eigenvalue weighted by Crippen LogP contribution is 2.30. The third kappa shape index (κ3) is 5.98. The molecule has 0 saturated heterocycles. The van der Waals surface area contributed by atoms with E-state index in [1.165, 1.54) is 31.2 Å². The Balaban J connectivity index is 1.67. The predicted molar refractivity (Wildman–Crippen MR) is 93.2 cm³/mol. The van der Waals surface area contributed by atoms with Gasteiger partial charge in [-0.2, -0.15) is 0 Å². The summed E-state index contributed by atoms with van der Waals surface area (Å²) >= 11 is 0. The molecule has 1 aliphatic carbocycles. The van der Waals surface area contributed by atoms with Crippen molar-refractivity contribution in [2.75, 3.05) is 13.2 Å². The first-order valence-corrected chi connectivity index (χ1v) is 8.62. The van der Waals surface area contributed by atoms with Gasteiger partial charge in [0, 0.05) is 12.5 Å². The summed E-state index contributed by atoms with van der Waals surface area (Å²) < 4.78 is 5.34. The van der Waals surface area contributed by atoms with E-state index in [1.54, 1.807) is 0 Å². The number of ether oxygens (including phenoxy) is 1. The van der Waals surface area contributed by atoms with E-state index in [1.807, 2.05) is 31.2 Å². The third-order valence-corrected chi connectivity index (χ3v) is 4.57. The van der Waals surface area contributed by atoms with E-state index in [0.29, 0.717) is 6.54 Å². The minimum Gasteiger partial charge on any atom is -0.481 e. The molecule has 1 N–H and O–H groups in total. The van der Waals surface area contributed by atoms with Crippen LogP contribution in [0, 0.1) is 24.2 Å². The van der Waals surface area contributed by atoms with E-state index in [2.05, 4.69) is 11.2 Å². The van der Waals surface area contributed by atoms with Gasteiger partial charge in [0.1, 0.15) is 12.4 Å². The number of terminal acetylenes is 1. The monoisotopic (exact) mass is 313 g/mol. The zero-order valence-electron chi connectivity index (χ0n) is 14.0. The van der Waals surface area contributed by atoms with Crippen molar-refractivity contribution >= 4 is 5.91 Å². The molecule has 1 aromatic rings. The van der Waals surface area contributed by atoms with Crippen molar-refractivity contribution in [3.05, 3.63) is 29.8 Å². The Morgan fingerprint density at radius 2 is 2.04 bits per heavy atom. The average Bonchev–Trinajstić information content (AvgIpc) is 3.07. The van der Waals surface area contributed by atoms with Crippen LogP contribution in [-0.4, -0.2) is 19.1 Å². The van der Waals surface area contributed by atoms with Crippen LogP contribution in [0.4, 0.5) is 0 Å². The molecule has 0 radical (unpaired) electrons. The number of hydrogen-bond donors (Lipinski definition) is 1. The quantitative estimate of drug-likeness (QED) is 0.745. The SMILES string of the molecule is C#CCOc1ccc(CCNC(=O)C(C)CC2CCCC2)cc1. The standard InChI is InChI=1S/C20H27NO2/c1-3-14-23-19-10-8-17(9-11-19)12-13-21-20(22)16(2)15-18-6-4-5-7-18/h1,8-11,16,18H,4-7,12-15H2,2H3,(H,21,22). The second-order valence-corrected chi connectivity index (χ2v) is 6.47. The van der Waals surface area contributed by atoms with Gasteiger partial charge in [0.25, 0.3) is 0 Å². The molecule has 1 saturated carbocycles. The molecule has 0 spiro atoms. The summed E-state index contributed by atoms with van der Waals surface area (Å²) in [5, 5.41) is 3.06. The van der Waals surface area contributed by atoms with Crippen LogP contribution in [0.1, 0.15) is 44.6 Å². The van der Waals surface area contributed by atoms with Gasteiger partial charge < -0.3 is 10.1 Å². The Bertz CT molecular complexity index is 524. The highest BCUT2D eigenvalue weighted by Gasteiger charge is 2.21. The smallest absolute Gasteiger partial charge is 0.222 e. The lowest BCUT2D eigenvalue weighted by Crippen LogP contribution is -2.31. The Kier molecular flexibility index (Phi) is 7.00. The normalized spacial score (nSPS) is 15.8. The molecule has 124 valence electrons. The number of hydrogen-bond acceptors (Lipinski definition) is 2. The minimum absolute atomic E-state index is 0.123. The predicted octanol–water partition coefficient (Wildman–Crippen LogP) is 3.57. The van der Waals surface area contributed by atoms with Gasteiger partial charge >= 0.3 is 0 Å². The Morgan fingerprint density at radius 1 is 1.35 bits per heavy atom. The number of benzene rings is 1. The van der Waals surface area contributed by atoms with Gasteiger partial charge in [-0.15, -0.1) is 6.42 Å². The summed E-state index contributed by atoms with van der Waals surface area (Å²) in [4.78, 5) is 12.1. The van der Waals surface area contributed by atoms with Crippen LogP contribution in [0.25, 0.3) is 0 Å². The fourth-order valence-electron chi connectivity index (χ4n) is 3.23. The Hall–Kier alpha value is -1.95. The summed E-state index contributed by atoms with van der Waals surface area (Å²) in [6, 6.07) is 7.86. The topological polar surface area (TPSA) is 38.3 Å². The van der Waals surface area contributed by atoms with Crippen molar-refractivity contribution in [2.24, 2.45) is 11.8 Å². The number of rotatable bonds is 8. The first-order valence-electron chi connectivity index (χ1n) is 8.62. The number of nitrogens with one attached hydrogen (secondary N) is 1. The van der Waals surface area contributed by atoms with Gasteiger partial charge in [-0.1, -0.05) is 50.7 Å². The van der Waals surface area contributed by atoms with Crippen LogP contribution in [0.5, 0.6) is 5.75 Å². The van der Waals surface area contributed by atoms with Gasteiger partial charge in [-0.05, 0) is 36.5 Å². The fraction of sp³-hybridized carbons (Fsp3) is 0.550. The fourth-order valence-corrected chi connectivity index (χ4v) is 3.23. The van der Waals surface area contributed by atoms with E-state index in [0.717, 1.165) is 24.5 Å². The second-order valence-electron chi connectivity index (χ2n) is 6.47. The highest BCUT2D eigenvalue weighted by molar-refractivity contribution is 5.78. The zero-order chi connectivity index (χ0) is 16.5. The first-order chi connectivity index (χ1) is 11.2. The largest absolute Gasteiger partial charge is 0.481 e. The molecule has 3 nitrogen and oxygen atoms in total. The van der Waals surface area contributed by atoms with Crippen LogP contribution < -0.4 is 10.1 Å². The van der Waals surface area contributed by atoms with Crippen LogP contribution in [-0.2, 0) is 11.2 Å². The van der Waals surface area contributed by atoms with Gasteiger partial charge in [-0.25, -0.2) is 0 Å². The average molecular weight is 313 g/mol. The Labute approximate surface area is 139 Å². The molecule has 23 heavy (non-hydrogen) atoms.